The largest absolute Gasteiger partial charge is 0.204 e. The quantitative estimate of drug-likeness (QED) is 0.482. The second-order valence-electron chi connectivity index (χ2n) is 3.98. The van der Waals surface area contributed by atoms with Gasteiger partial charge in [-0.05, 0) is 37.1 Å². The Labute approximate surface area is 111 Å². The first-order valence-electron chi connectivity index (χ1n) is 5.46. The van der Waals surface area contributed by atoms with Crippen LogP contribution < -0.4 is 0 Å². The molecule has 2 aromatic carbocycles. The van der Waals surface area contributed by atoms with Crippen LogP contribution in [-0.4, -0.2) is 0 Å². The molecule has 108 valence electrons. The fourth-order valence-corrected chi connectivity index (χ4v) is 1.24. The molecular weight excluding hydrogens is 282 g/mol. The van der Waals surface area contributed by atoms with Crippen LogP contribution in [0.25, 0.3) is 0 Å². The molecular formula is C14H10F6. The summed E-state index contributed by atoms with van der Waals surface area (Å²) >= 11 is 0. The van der Waals surface area contributed by atoms with E-state index in [-0.39, 0.29) is 11.1 Å². The maximum Gasteiger partial charge on any atom is 0.194 e. The first-order chi connectivity index (χ1) is 9.25. The number of benzene rings is 2. The SMILES string of the molecule is Cc1ccc(F)c(F)c1F.Cc1ccc(F)c(F)c1F. The molecule has 0 N–H and O–H groups in total. The van der Waals surface area contributed by atoms with Crippen LogP contribution in [0.3, 0.4) is 0 Å². The zero-order chi connectivity index (χ0) is 15.4. The molecule has 2 rings (SSSR count). The minimum Gasteiger partial charge on any atom is -0.204 e. The standard InChI is InChI=1S/2C7H5F3/c2*1-4-2-3-5(8)7(10)6(4)9/h2*2-3H,1H3. The van der Waals surface area contributed by atoms with E-state index in [1.165, 1.54) is 26.0 Å². The highest BCUT2D eigenvalue weighted by Crippen LogP contribution is 2.14. The molecule has 2 aromatic rings. The first kappa shape index (κ1) is 16.1. The molecule has 0 fully saturated rings. The molecule has 6 heteroatoms. The summed E-state index contributed by atoms with van der Waals surface area (Å²) in [4.78, 5) is 0. The van der Waals surface area contributed by atoms with E-state index in [0.717, 1.165) is 12.1 Å². The molecule has 0 radical (unpaired) electrons. The Hall–Kier alpha value is -1.98. The Bertz CT molecular complexity index is 512. The Kier molecular flexibility index (Phi) is 5.19. The third kappa shape index (κ3) is 3.53. The van der Waals surface area contributed by atoms with Gasteiger partial charge >= 0.3 is 0 Å². The molecule has 0 aliphatic carbocycles. The summed E-state index contributed by atoms with van der Waals surface area (Å²) in [6, 6.07) is 4.17. The van der Waals surface area contributed by atoms with Gasteiger partial charge in [0.15, 0.2) is 34.9 Å². The molecule has 0 unspecified atom stereocenters. The number of rotatable bonds is 0. The van der Waals surface area contributed by atoms with Crippen molar-refractivity contribution in [2.45, 2.75) is 13.8 Å². The fourth-order valence-electron chi connectivity index (χ4n) is 1.24. The molecule has 0 aromatic heterocycles. The molecule has 0 nitrogen and oxygen atoms in total. The maximum atomic E-state index is 12.4. The number of halogens is 6. The van der Waals surface area contributed by atoms with Crippen molar-refractivity contribution in [2.24, 2.45) is 0 Å². The second kappa shape index (κ2) is 6.45. The van der Waals surface area contributed by atoms with E-state index in [1.807, 2.05) is 0 Å². The summed E-state index contributed by atoms with van der Waals surface area (Å²) in [5, 5.41) is 0. The Morgan fingerprint density at radius 1 is 0.500 bits per heavy atom. The van der Waals surface area contributed by atoms with Gasteiger partial charge in [0.1, 0.15) is 0 Å². The van der Waals surface area contributed by atoms with Crippen LogP contribution in [0.4, 0.5) is 26.3 Å². The minimum absolute atomic E-state index is 0.110. The molecule has 0 atom stereocenters. The van der Waals surface area contributed by atoms with Crippen molar-refractivity contribution in [2.75, 3.05) is 0 Å². The summed E-state index contributed by atoms with van der Waals surface area (Å²) in [7, 11) is 0. The van der Waals surface area contributed by atoms with Crippen LogP contribution in [0.15, 0.2) is 24.3 Å². The van der Waals surface area contributed by atoms with Gasteiger partial charge in [-0.25, -0.2) is 26.3 Å². The highest BCUT2D eigenvalue weighted by atomic mass is 19.2. The van der Waals surface area contributed by atoms with Crippen LogP contribution in [0.1, 0.15) is 11.1 Å². The molecule has 0 saturated carbocycles. The van der Waals surface area contributed by atoms with Gasteiger partial charge in [-0.2, -0.15) is 0 Å². The van der Waals surface area contributed by atoms with Crippen LogP contribution >= 0.6 is 0 Å². The molecule has 20 heavy (non-hydrogen) atoms. The summed E-state index contributed by atoms with van der Waals surface area (Å²) in [6.07, 6.45) is 0. The minimum atomic E-state index is -1.40. The lowest BCUT2D eigenvalue weighted by molar-refractivity contribution is 0.443. The highest BCUT2D eigenvalue weighted by Gasteiger charge is 2.09. The molecule has 0 saturated heterocycles. The van der Waals surface area contributed by atoms with E-state index in [9.17, 15) is 26.3 Å². The predicted octanol–water partition coefficient (Wildman–Crippen LogP) is 4.82. The lowest BCUT2D eigenvalue weighted by atomic mass is 10.2. The summed E-state index contributed by atoms with van der Waals surface area (Å²) in [5.41, 5.74) is 0.220. The maximum absolute atomic E-state index is 12.4. The van der Waals surface area contributed by atoms with Gasteiger partial charge in [-0.15, -0.1) is 0 Å². The van der Waals surface area contributed by atoms with E-state index in [1.54, 1.807) is 0 Å². The monoisotopic (exact) mass is 292 g/mol. The van der Waals surface area contributed by atoms with Gasteiger partial charge in [0, 0.05) is 0 Å². The van der Waals surface area contributed by atoms with Crippen molar-refractivity contribution >= 4 is 0 Å². The molecule has 0 aliphatic heterocycles. The fraction of sp³-hybridized carbons (Fsp3) is 0.143. The number of aryl methyl sites for hydroxylation is 2. The van der Waals surface area contributed by atoms with Crippen molar-refractivity contribution in [3.05, 3.63) is 70.3 Å². The summed E-state index contributed by atoms with van der Waals surface area (Å²) in [5.74, 6) is -7.33. The zero-order valence-electron chi connectivity index (χ0n) is 10.6. The lowest BCUT2D eigenvalue weighted by Crippen LogP contribution is -1.92. The second-order valence-corrected chi connectivity index (χ2v) is 3.98. The average Bonchev–Trinajstić information content (AvgIpc) is 2.43. The molecule has 0 heterocycles. The Morgan fingerprint density at radius 2 is 0.800 bits per heavy atom. The van der Waals surface area contributed by atoms with Crippen molar-refractivity contribution in [1.29, 1.82) is 0 Å². The van der Waals surface area contributed by atoms with Crippen molar-refractivity contribution in [1.82, 2.24) is 0 Å². The first-order valence-corrected chi connectivity index (χ1v) is 5.46. The Balaban J connectivity index is 0.000000200. The van der Waals surface area contributed by atoms with E-state index in [0.29, 0.717) is 0 Å². The van der Waals surface area contributed by atoms with Crippen LogP contribution in [0, 0.1) is 48.8 Å². The molecule has 0 spiro atoms. The van der Waals surface area contributed by atoms with Gasteiger partial charge in [0.05, 0.1) is 0 Å². The zero-order valence-corrected chi connectivity index (χ0v) is 10.6. The summed E-state index contributed by atoms with van der Waals surface area (Å²) in [6.45, 7) is 2.75. The number of hydrogen-bond acceptors (Lipinski definition) is 0. The highest BCUT2D eigenvalue weighted by molar-refractivity contribution is 5.18. The van der Waals surface area contributed by atoms with Crippen LogP contribution in [0.5, 0.6) is 0 Å². The Morgan fingerprint density at radius 3 is 1.05 bits per heavy atom. The van der Waals surface area contributed by atoms with E-state index in [4.69, 9.17) is 0 Å². The smallest absolute Gasteiger partial charge is 0.194 e. The van der Waals surface area contributed by atoms with Gasteiger partial charge in [0.2, 0.25) is 0 Å². The third-order valence-electron chi connectivity index (χ3n) is 2.46. The van der Waals surface area contributed by atoms with E-state index < -0.39 is 34.9 Å². The van der Waals surface area contributed by atoms with Gasteiger partial charge < -0.3 is 0 Å². The van der Waals surface area contributed by atoms with Crippen molar-refractivity contribution < 1.29 is 26.3 Å². The van der Waals surface area contributed by atoms with Crippen LogP contribution in [-0.2, 0) is 0 Å². The molecule has 0 bridgehead atoms. The van der Waals surface area contributed by atoms with Crippen molar-refractivity contribution in [3.8, 4) is 0 Å². The molecule has 0 amide bonds. The van der Waals surface area contributed by atoms with Gasteiger partial charge in [-0.3, -0.25) is 0 Å². The predicted molar refractivity (Wildman–Crippen MR) is 62.1 cm³/mol. The third-order valence-corrected chi connectivity index (χ3v) is 2.46. The van der Waals surface area contributed by atoms with Crippen molar-refractivity contribution in [3.63, 3.8) is 0 Å². The van der Waals surface area contributed by atoms with Crippen LogP contribution in [0.2, 0.25) is 0 Å². The number of hydrogen-bond donors (Lipinski definition) is 0. The summed E-state index contributed by atoms with van der Waals surface area (Å²) < 4.78 is 73.5. The molecule has 0 aliphatic rings. The van der Waals surface area contributed by atoms with Gasteiger partial charge in [0.25, 0.3) is 0 Å². The van der Waals surface area contributed by atoms with E-state index >= 15 is 0 Å². The van der Waals surface area contributed by atoms with Gasteiger partial charge in [-0.1, -0.05) is 12.1 Å². The van der Waals surface area contributed by atoms with E-state index in [2.05, 4.69) is 0 Å². The average molecular weight is 292 g/mol. The lowest BCUT2D eigenvalue weighted by Gasteiger charge is -1.96. The topological polar surface area (TPSA) is 0 Å². The normalized spacial score (nSPS) is 10.0.